The number of benzene rings is 2. The van der Waals surface area contributed by atoms with Crippen LogP contribution in [-0.2, 0) is 9.59 Å². The van der Waals surface area contributed by atoms with Crippen LogP contribution in [-0.4, -0.2) is 27.0 Å². The number of carbonyl (C=O) groups is 2. The highest BCUT2D eigenvalue weighted by molar-refractivity contribution is 7.15. The summed E-state index contributed by atoms with van der Waals surface area (Å²) in [4.78, 5) is 27.2. The molecule has 1 saturated heterocycles. The van der Waals surface area contributed by atoms with Crippen LogP contribution in [0.2, 0.25) is 5.02 Å². The Bertz CT molecular complexity index is 1140. The zero-order chi connectivity index (χ0) is 20.7. The molecule has 29 heavy (non-hydrogen) atoms. The molecule has 1 unspecified atom stereocenters. The number of aliphatic hydroxyl groups excluding tert-OH is 1. The minimum Gasteiger partial charge on any atom is -0.507 e. The summed E-state index contributed by atoms with van der Waals surface area (Å²) in [6, 6.07) is 13.1. The maximum atomic E-state index is 12.9. The molecule has 1 amide bonds. The summed E-state index contributed by atoms with van der Waals surface area (Å²) in [6.45, 7) is 3.72. The predicted octanol–water partition coefficient (Wildman–Crippen LogP) is 4.43. The van der Waals surface area contributed by atoms with E-state index in [1.807, 2.05) is 31.2 Å². The molecule has 1 aliphatic heterocycles. The number of aliphatic hydroxyl groups is 1. The molecule has 1 fully saturated rings. The van der Waals surface area contributed by atoms with E-state index in [2.05, 4.69) is 10.2 Å². The molecule has 1 N–H and O–H groups in total. The zero-order valence-corrected chi connectivity index (χ0v) is 17.2. The molecule has 0 saturated carbocycles. The Hall–Kier alpha value is -3.03. The summed E-state index contributed by atoms with van der Waals surface area (Å²) in [5, 5.41) is 20.5. The van der Waals surface area contributed by atoms with Gasteiger partial charge in [0, 0.05) is 10.6 Å². The Morgan fingerprint density at radius 1 is 1.03 bits per heavy atom. The van der Waals surface area contributed by atoms with E-state index in [9.17, 15) is 14.7 Å². The third-order valence-corrected chi connectivity index (χ3v) is 5.77. The van der Waals surface area contributed by atoms with Crippen LogP contribution in [0, 0.1) is 13.8 Å². The van der Waals surface area contributed by atoms with Crippen LogP contribution in [0.1, 0.15) is 27.7 Å². The average Bonchev–Trinajstić information content (AvgIpc) is 3.24. The van der Waals surface area contributed by atoms with Crippen molar-refractivity contribution in [2.45, 2.75) is 19.9 Å². The lowest BCUT2D eigenvalue weighted by Gasteiger charge is -2.22. The molecule has 8 heteroatoms. The van der Waals surface area contributed by atoms with Crippen LogP contribution in [0.4, 0.5) is 5.13 Å². The topological polar surface area (TPSA) is 83.4 Å². The second-order valence-electron chi connectivity index (χ2n) is 6.69. The van der Waals surface area contributed by atoms with Gasteiger partial charge < -0.3 is 5.11 Å². The van der Waals surface area contributed by atoms with Crippen molar-refractivity contribution in [1.82, 2.24) is 10.2 Å². The van der Waals surface area contributed by atoms with Crippen LogP contribution in [0.15, 0.2) is 54.1 Å². The molecule has 0 aliphatic carbocycles. The van der Waals surface area contributed by atoms with Gasteiger partial charge >= 0.3 is 5.91 Å². The number of hydrogen-bond donors (Lipinski definition) is 1. The van der Waals surface area contributed by atoms with Gasteiger partial charge in [0.1, 0.15) is 10.8 Å². The fourth-order valence-electron chi connectivity index (χ4n) is 3.24. The van der Waals surface area contributed by atoms with Crippen LogP contribution in [0.25, 0.3) is 5.76 Å². The fraction of sp³-hybridized carbons (Fsp3) is 0.143. The highest BCUT2D eigenvalue weighted by atomic mass is 35.5. The Balaban J connectivity index is 1.93. The summed E-state index contributed by atoms with van der Waals surface area (Å²) in [5.74, 6) is -1.77. The van der Waals surface area contributed by atoms with Crippen molar-refractivity contribution < 1.29 is 14.7 Å². The summed E-state index contributed by atoms with van der Waals surface area (Å²) >= 11 is 7.14. The van der Waals surface area contributed by atoms with E-state index in [0.29, 0.717) is 26.3 Å². The maximum Gasteiger partial charge on any atom is 0.301 e. The molecule has 2 aromatic carbocycles. The smallest absolute Gasteiger partial charge is 0.301 e. The molecule has 0 bridgehead atoms. The number of ketones is 1. The first-order valence-electron chi connectivity index (χ1n) is 8.80. The highest BCUT2D eigenvalue weighted by Gasteiger charge is 2.48. The first kappa shape index (κ1) is 19.3. The number of aryl methyl sites for hydroxylation is 2. The second-order valence-corrected chi connectivity index (χ2v) is 8.29. The van der Waals surface area contributed by atoms with Gasteiger partial charge in [0.05, 0.1) is 11.6 Å². The lowest BCUT2D eigenvalue weighted by molar-refractivity contribution is -0.132. The number of anilines is 1. The van der Waals surface area contributed by atoms with Gasteiger partial charge in [-0.15, -0.1) is 10.2 Å². The minimum atomic E-state index is -0.807. The number of rotatable bonds is 3. The van der Waals surface area contributed by atoms with Crippen LogP contribution in [0.5, 0.6) is 0 Å². The lowest BCUT2D eigenvalue weighted by atomic mass is 9.95. The molecule has 1 aromatic heterocycles. The quantitative estimate of drug-likeness (QED) is 0.381. The Morgan fingerprint density at radius 2 is 1.69 bits per heavy atom. The fourth-order valence-corrected chi connectivity index (χ4v) is 4.08. The molecule has 6 nitrogen and oxygen atoms in total. The van der Waals surface area contributed by atoms with E-state index in [1.54, 1.807) is 31.2 Å². The number of aromatic nitrogens is 2. The van der Waals surface area contributed by atoms with Crippen LogP contribution < -0.4 is 4.90 Å². The van der Waals surface area contributed by atoms with Crippen LogP contribution >= 0.6 is 22.9 Å². The molecule has 0 radical (unpaired) electrons. The molecule has 146 valence electrons. The van der Waals surface area contributed by atoms with E-state index in [-0.39, 0.29) is 11.3 Å². The standard InChI is InChI=1S/C21H16ClN3O3S/c1-11-3-5-13(6-4-11)17-16(18(26)14-7-9-15(22)10-8-14)19(27)20(28)25(17)21-24-23-12(2)29-21/h3-10,17,26H,1-2H3/b18-16+. The Labute approximate surface area is 176 Å². The van der Waals surface area contributed by atoms with Crippen LogP contribution in [0.3, 0.4) is 0 Å². The predicted molar refractivity (Wildman–Crippen MR) is 112 cm³/mol. The summed E-state index contributed by atoms with van der Waals surface area (Å²) in [5.41, 5.74) is 2.14. The highest BCUT2D eigenvalue weighted by Crippen LogP contribution is 2.42. The van der Waals surface area contributed by atoms with Crippen molar-refractivity contribution in [2.75, 3.05) is 4.90 Å². The minimum absolute atomic E-state index is 0.00836. The van der Waals surface area contributed by atoms with E-state index in [1.165, 1.54) is 16.2 Å². The maximum absolute atomic E-state index is 12.9. The molecule has 0 spiro atoms. The van der Waals surface area contributed by atoms with E-state index in [4.69, 9.17) is 11.6 Å². The van der Waals surface area contributed by atoms with Crippen molar-refractivity contribution >= 4 is 45.5 Å². The third-order valence-electron chi connectivity index (χ3n) is 4.68. The monoisotopic (exact) mass is 425 g/mol. The van der Waals surface area contributed by atoms with Gasteiger partial charge in [0.25, 0.3) is 5.78 Å². The molecule has 3 aromatic rings. The molecule has 1 atom stereocenters. The average molecular weight is 426 g/mol. The third kappa shape index (κ3) is 3.43. The molecule has 2 heterocycles. The van der Waals surface area contributed by atoms with Gasteiger partial charge in [0.15, 0.2) is 0 Å². The number of halogens is 1. The van der Waals surface area contributed by atoms with Crippen molar-refractivity contribution in [3.05, 3.63) is 80.8 Å². The van der Waals surface area contributed by atoms with Crippen molar-refractivity contribution in [3.63, 3.8) is 0 Å². The first-order valence-corrected chi connectivity index (χ1v) is 10.00. The van der Waals surface area contributed by atoms with Crippen molar-refractivity contribution in [1.29, 1.82) is 0 Å². The number of Topliss-reactive ketones (excluding diaryl/α,β-unsaturated/α-hetero) is 1. The number of amides is 1. The van der Waals surface area contributed by atoms with E-state index < -0.39 is 17.7 Å². The van der Waals surface area contributed by atoms with Gasteiger partial charge in [0.2, 0.25) is 5.13 Å². The van der Waals surface area contributed by atoms with Gasteiger partial charge in [-0.1, -0.05) is 52.8 Å². The molecule has 4 rings (SSSR count). The first-order chi connectivity index (χ1) is 13.9. The lowest BCUT2D eigenvalue weighted by Crippen LogP contribution is -2.29. The SMILES string of the molecule is Cc1ccc(C2/C(=C(\O)c3ccc(Cl)cc3)C(=O)C(=O)N2c2nnc(C)s2)cc1. The molecular weight excluding hydrogens is 410 g/mol. The normalized spacial score (nSPS) is 18.4. The number of carbonyl (C=O) groups excluding carboxylic acids is 2. The summed E-state index contributed by atoms with van der Waals surface area (Å²) in [7, 11) is 0. The van der Waals surface area contributed by atoms with Crippen molar-refractivity contribution in [3.8, 4) is 0 Å². The molecule has 1 aliphatic rings. The van der Waals surface area contributed by atoms with E-state index in [0.717, 1.165) is 5.56 Å². The largest absolute Gasteiger partial charge is 0.507 e. The Morgan fingerprint density at radius 3 is 2.28 bits per heavy atom. The van der Waals surface area contributed by atoms with E-state index >= 15 is 0 Å². The second kappa shape index (κ2) is 7.42. The number of nitrogens with zero attached hydrogens (tertiary/aromatic N) is 3. The number of hydrogen-bond acceptors (Lipinski definition) is 6. The Kier molecular flexibility index (Phi) is 4.94. The zero-order valence-electron chi connectivity index (χ0n) is 15.6. The molecular formula is C21H16ClN3O3S. The van der Waals surface area contributed by atoms with Gasteiger partial charge in [-0.05, 0) is 43.7 Å². The van der Waals surface area contributed by atoms with Gasteiger partial charge in [-0.2, -0.15) is 0 Å². The summed E-state index contributed by atoms with van der Waals surface area (Å²) in [6.07, 6.45) is 0. The summed E-state index contributed by atoms with van der Waals surface area (Å²) < 4.78 is 0. The van der Waals surface area contributed by atoms with Gasteiger partial charge in [-0.3, -0.25) is 14.5 Å². The van der Waals surface area contributed by atoms with Crippen molar-refractivity contribution in [2.24, 2.45) is 0 Å². The van der Waals surface area contributed by atoms with Gasteiger partial charge in [-0.25, -0.2) is 0 Å².